The van der Waals surface area contributed by atoms with Gasteiger partial charge in [0.1, 0.15) is 0 Å². The highest BCUT2D eigenvalue weighted by Crippen LogP contribution is 2.18. The van der Waals surface area contributed by atoms with Crippen molar-refractivity contribution in [3.05, 3.63) is 35.9 Å². The number of hydrogen-bond acceptors (Lipinski definition) is 2. The van der Waals surface area contributed by atoms with E-state index in [-0.39, 0.29) is 6.10 Å². The first-order valence-corrected chi connectivity index (χ1v) is 5.72. The SMILES string of the molecule is COCCOC(CBr)c1ccccc1. The van der Waals surface area contributed by atoms with Gasteiger partial charge in [0.15, 0.2) is 0 Å². The largest absolute Gasteiger partial charge is 0.382 e. The summed E-state index contributed by atoms with van der Waals surface area (Å²) in [4.78, 5) is 0. The number of benzene rings is 1. The zero-order chi connectivity index (χ0) is 10.2. The van der Waals surface area contributed by atoms with Gasteiger partial charge in [-0.25, -0.2) is 0 Å². The molecule has 1 unspecified atom stereocenters. The third-order valence-corrected chi connectivity index (χ3v) is 2.51. The van der Waals surface area contributed by atoms with Gasteiger partial charge in [0, 0.05) is 12.4 Å². The van der Waals surface area contributed by atoms with Crippen molar-refractivity contribution >= 4 is 15.9 Å². The van der Waals surface area contributed by atoms with Gasteiger partial charge in [0.05, 0.1) is 19.3 Å². The first-order chi connectivity index (χ1) is 6.88. The summed E-state index contributed by atoms with van der Waals surface area (Å²) < 4.78 is 10.6. The second kappa shape index (κ2) is 6.98. The molecular formula is C11H15BrO2. The first-order valence-electron chi connectivity index (χ1n) is 4.60. The van der Waals surface area contributed by atoms with E-state index < -0.39 is 0 Å². The lowest BCUT2D eigenvalue weighted by Crippen LogP contribution is -2.09. The summed E-state index contributed by atoms with van der Waals surface area (Å²) in [6.07, 6.45) is 0.117. The molecule has 0 N–H and O–H groups in total. The molecule has 2 nitrogen and oxygen atoms in total. The molecule has 1 aromatic rings. The van der Waals surface area contributed by atoms with Crippen LogP contribution in [0.5, 0.6) is 0 Å². The lowest BCUT2D eigenvalue weighted by molar-refractivity contribution is 0.0284. The predicted octanol–water partition coefficient (Wildman–Crippen LogP) is 2.79. The Morgan fingerprint density at radius 1 is 1.21 bits per heavy atom. The van der Waals surface area contributed by atoms with Gasteiger partial charge < -0.3 is 9.47 Å². The van der Waals surface area contributed by atoms with Crippen molar-refractivity contribution in [3.8, 4) is 0 Å². The number of halogens is 1. The van der Waals surface area contributed by atoms with Crippen LogP contribution in [-0.2, 0) is 9.47 Å². The van der Waals surface area contributed by atoms with Crippen LogP contribution >= 0.6 is 15.9 Å². The van der Waals surface area contributed by atoms with E-state index in [9.17, 15) is 0 Å². The number of hydrogen-bond donors (Lipinski definition) is 0. The zero-order valence-corrected chi connectivity index (χ0v) is 9.87. The minimum atomic E-state index is 0.117. The quantitative estimate of drug-likeness (QED) is 0.577. The van der Waals surface area contributed by atoms with E-state index in [2.05, 4.69) is 28.1 Å². The van der Waals surface area contributed by atoms with E-state index in [1.807, 2.05) is 18.2 Å². The Labute approximate surface area is 93.4 Å². The summed E-state index contributed by atoms with van der Waals surface area (Å²) >= 11 is 3.44. The van der Waals surface area contributed by atoms with Crippen LogP contribution in [0.4, 0.5) is 0 Å². The summed E-state index contributed by atoms with van der Waals surface area (Å²) in [5.41, 5.74) is 1.19. The molecule has 0 bridgehead atoms. The molecule has 0 aromatic heterocycles. The van der Waals surface area contributed by atoms with Crippen LogP contribution in [0.25, 0.3) is 0 Å². The second-order valence-corrected chi connectivity index (χ2v) is 3.56. The topological polar surface area (TPSA) is 18.5 Å². The van der Waals surface area contributed by atoms with E-state index in [4.69, 9.17) is 9.47 Å². The van der Waals surface area contributed by atoms with Crippen molar-refractivity contribution in [2.75, 3.05) is 25.7 Å². The van der Waals surface area contributed by atoms with Crippen molar-refractivity contribution in [2.24, 2.45) is 0 Å². The number of rotatable bonds is 6. The Hall–Kier alpha value is -0.380. The molecule has 14 heavy (non-hydrogen) atoms. The molecule has 0 amide bonds. The van der Waals surface area contributed by atoms with Crippen molar-refractivity contribution in [3.63, 3.8) is 0 Å². The van der Waals surface area contributed by atoms with Crippen molar-refractivity contribution in [2.45, 2.75) is 6.10 Å². The van der Waals surface area contributed by atoms with Crippen molar-refractivity contribution in [1.29, 1.82) is 0 Å². The molecule has 1 atom stereocenters. The van der Waals surface area contributed by atoms with Gasteiger partial charge >= 0.3 is 0 Å². The predicted molar refractivity (Wildman–Crippen MR) is 60.8 cm³/mol. The highest BCUT2D eigenvalue weighted by Gasteiger charge is 2.08. The fourth-order valence-electron chi connectivity index (χ4n) is 1.17. The van der Waals surface area contributed by atoms with Crippen LogP contribution in [0.2, 0.25) is 0 Å². The maximum Gasteiger partial charge on any atom is 0.0922 e. The lowest BCUT2D eigenvalue weighted by atomic mass is 10.1. The fourth-order valence-corrected chi connectivity index (χ4v) is 1.73. The molecule has 1 rings (SSSR count). The highest BCUT2D eigenvalue weighted by molar-refractivity contribution is 9.09. The average molecular weight is 259 g/mol. The molecule has 0 aliphatic heterocycles. The summed E-state index contributed by atoms with van der Waals surface area (Å²) in [6.45, 7) is 1.26. The molecule has 0 aliphatic rings. The van der Waals surface area contributed by atoms with Crippen LogP contribution in [0.1, 0.15) is 11.7 Å². The molecular weight excluding hydrogens is 244 g/mol. The molecule has 0 spiro atoms. The molecule has 0 saturated heterocycles. The van der Waals surface area contributed by atoms with Gasteiger partial charge in [0.25, 0.3) is 0 Å². The van der Waals surface area contributed by atoms with E-state index >= 15 is 0 Å². The van der Waals surface area contributed by atoms with Crippen LogP contribution in [0, 0.1) is 0 Å². The summed E-state index contributed by atoms with van der Waals surface area (Å²) in [5.74, 6) is 0. The van der Waals surface area contributed by atoms with Gasteiger partial charge in [-0.05, 0) is 5.56 Å². The third kappa shape index (κ3) is 3.78. The summed E-state index contributed by atoms with van der Waals surface area (Å²) in [5, 5.41) is 0.806. The van der Waals surface area contributed by atoms with Crippen molar-refractivity contribution in [1.82, 2.24) is 0 Å². The van der Waals surface area contributed by atoms with E-state index in [0.717, 1.165) is 5.33 Å². The Kier molecular flexibility index (Phi) is 5.83. The summed E-state index contributed by atoms with van der Waals surface area (Å²) in [7, 11) is 1.68. The Bertz CT molecular complexity index is 238. The molecule has 78 valence electrons. The Morgan fingerprint density at radius 3 is 2.50 bits per heavy atom. The van der Waals surface area contributed by atoms with Crippen LogP contribution in [0.15, 0.2) is 30.3 Å². The van der Waals surface area contributed by atoms with Gasteiger partial charge in [-0.2, -0.15) is 0 Å². The van der Waals surface area contributed by atoms with Gasteiger partial charge in [-0.1, -0.05) is 46.3 Å². The summed E-state index contributed by atoms with van der Waals surface area (Å²) in [6, 6.07) is 10.2. The average Bonchev–Trinajstić information content (AvgIpc) is 2.26. The highest BCUT2D eigenvalue weighted by atomic mass is 79.9. The van der Waals surface area contributed by atoms with Crippen LogP contribution in [-0.4, -0.2) is 25.7 Å². The van der Waals surface area contributed by atoms with Gasteiger partial charge in [-0.15, -0.1) is 0 Å². The lowest BCUT2D eigenvalue weighted by Gasteiger charge is -2.15. The van der Waals surface area contributed by atoms with Crippen molar-refractivity contribution < 1.29 is 9.47 Å². The molecule has 3 heteroatoms. The standard InChI is InChI=1S/C11H15BrO2/c1-13-7-8-14-11(9-12)10-5-3-2-4-6-10/h2-6,11H,7-9H2,1H3. The third-order valence-electron chi connectivity index (χ3n) is 1.92. The Balaban J connectivity index is 2.46. The van der Waals surface area contributed by atoms with E-state index in [0.29, 0.717) is 13.2 Å². The smallest absolute Gasteiger partial charge is 0.0922 e. The molecule has 0 saturated carbocycles. The van der Waals surface area contributed by atoms with Gasteiger partial charge in [0.2, 0.25) is 0 Å². The molecule has 1 aromatic carbocycles. The van der Waals surface area contributed by atoms with Crippen LogP contribution < -0.4 is 0 Å². The van der Waals surface area contributed by atoms with Gasteiger partial charge in [-0.3, -0.25) is 0 Å². The van der Waals surface area contributed by atoms with E-state index in [1.54, 1.807) is 7.11 Å². The van der Waals surface area contributed by atoms with E-state index in [1.165, 1.54) is 5.56 Å². The number of methoxy groups -OCH3 is 1. The first kappa shape index (κ1) is 11.7. The maximum absolute atomic E-state index is 5.65. The minimum Gasteiger partial charge on any atom is -0.382 e. The molecule has 0 aliphatic carbocycles. The van der Waals surface area contributed by atoms with Crippen LogP contribution in [0.3, 0.4) is 0 Å². The number of alkyl halides is 1. The zero-order valence-electron chi connectivity index (χ0n) is 8.28. The fraction of sp³-hybridized carbons (Fsp3) is 0.455. The normalized spacial score (nSPS) is 12.7. The molecule has 0 radical (unpaired) electrons. The maximum atomic E-state index is 5.65. The molecule has 0 fully saturated rings. The second-order valence-electron chi connectivity index (χ2n) is 2.92. The minimum absolute atomic E-state index is 0.117. The molecule has 0 heterocycles. The monoisotopic (exact) mass is 258 g/mol. The number of ether oxygens (including phenoxy) is 2. The Morgan fingerprint density at radius 2 is 1.93 bits per heavy atom.